The van der Waals surface area contributed by atoms with Gasteiger partial charge >= 0.3 is 5.97 Å². The van der Waals surface area contributed by atoms with E-state index in [9.17, 15) is 4.79 Å². The van der Waals surface area contributed by atoms with Crippen LogP contribution in [0, 0.1) is 6.92 Å². The molecule has 2 aromatic heterocycles. The van der Waals surface area contributed by atoms with Gasteiger partial charge in [-0.3, -0.25) is 4.98 Å². The molecule has 0 saturated heterocycles. The Balaban J connectivity index is 2.04. The van der Waals surface area contributed by atoms with Crippen molar-refractivity contribution in [2.75, 3.05) is 0 Å². The zero-order valence-corrected chi connectivity index (χ0v) is 12.8. The van der Waals surface area contributed by atoms with Crippen molar-refractivity contribution in [3.8, 4) is 5.75 Å². The third kappa shape index (κ3) is 2.78. The van der Waals surface area contributed by atoms with Gasteiger partial charge in [0.2, 0.25) is 0 Å². The molecule has 4 nitrogen and oxygen atoms in total. The van der Waals surface area contributed by atoms with Gasteiger partial charge in [-0.1, -0.05) is 18.2 Å². The van der Waals surface area contributed by atoms with Crippen LogP contribution < -0.4 is 4.74 Å². The first kappa shape index (κ1) is 13.7. The van der Waals surface area contributed by atoms with E-state index < -0.39 is 5.97 Å². The monoisotopic (exact) mass is 342 g/mol. The van der Waals surface area contributed by atoms with Crippen molar-refractivity contribution >= 4 is 32.8 Å². The van der Waals surface area contributed by atoms with Crippen LogP contribution in [0.1, 0.15) is 16.1 Å². The van der Waals surface area contributed by atoms with Crippen LogP contribution in [-0.2, 0) is 0 Å². The minimum Gasteiger partial charge on any atom is -0.420 e. The Morgan fingerprint density at radius 1 is 1.19 bits per heavy atom. The highest BCUT2D eigenvalue weighted by Crippen LogP contribution is 2.24. The van der Waals surface area contributed by atoms with Gasteiger partial charge < -0.3 is 4.74 Å². The Morgan fingerprint density at radius 2 is 2.00 bits per heavy atom. The second-order valence-electron chi connectivity index (χ2n) is 4.51. The Hall–Kier alpha value is -2.27. The topological polar surface area (TPSA) is 52.1 Å². The highest BCUT2D eigenvalue weighted by Gasteiger charge is 2.15. The van der Waals surface area contributed by atoms with Gasteiger partial charge in [0, 0.05) is 17.3 Å². The molecule has 0 unspecified atom stereocenters. The standard InChI is InChI=1S/C16H11BrN2O2/c1-10-9-12(11-5-2-3-6-13(11)19-10)16(20)21-14-7-4-8-18-15(14)17/h2-9H,1H3. The van der Waals surface area contributed by atoms with Crippen molar-refractivity contribution in [2.45, 2.75) is 6.92 Å². The quantitative estimate of drug-likeness (QED) is 0.523. The lowest BCUT2D eigenvalue weighted by atomic mass is 10.1. The molecule has 5 heteroatoms. The van der Waals surface area contributed by atoms with E-state index in [1.54, 1.807) is 24.4 Å². The third-order valence-electron chi connectivity index (χ3n) is 2.99. The molecular weight excluding hydrogens is 332 g/mol. The highest BCUT2D eigenvalue weighted by atomic mass is 79.9. The summed E-state index contributed by atoms with van der Waals surface area (Å²) in [5.41, 5.74) is 2.04. The minimum absolute atomic E-state index is 0.390. The van der Waals surface area contributed by atoms with E-state index >= 15 is 0 Å². The van der Waals surface area contributed by atoms with Crippen LogP contribution in [0.4, 0.5) is 0 Å². The fourth-order valence-electron chi connectivity index (χ4n) is 2.08. The predicted octanol–water partition coefficient (Wildman–Crippen LogP) is 3.92. The molecule has 104 valence electrons. The first-order chi connectivity index (χ1) is 10.1. The van der Waals surface area contributed by atoms with Gasteiger partial charge in [-0.15, -0.1) is 0 Å². The second-order valence-corrected chi connectivity index (χ2v) is 5.26. The average molecular weight is 343 g/mol. The number of hydrogen-bond donors (Lipinski definition) is 0. The molecule has 0 N–H and O–H groups in total. The van der Waals surface area contributed by atoms with Crippen LogP contribution in [0.25, 0.3) is 10.9 Å². The summed E-state index contributed by atoms with van der Waals surface area (Å²) >= 11 is 3.26. The lowest BCUT2D eigenvalue weighted by Gasteiger charge is -2.08. The number of hydrogen-bond acceptors (Lipinski definition) is 4. The number of fused-ring (bicyclic) bond motifs is 1. The number of esters is 1. The van der Waals surface area contributed by atoms with E-state index in [1.165, 1.54) is 0 Å². The van der Waals surface area contributed by atoms with Crippen LogP contribution in [0.2, 0.25) is 0 Å². The maximum Gasteiger partial charge on any atom is 0.344 e. The van der Waals surface area contributed by atoms with Crippen LogP contribution in [0.3, 0.4) is 0 Å². The lowest BCUT2D eigenvalue weighted by molar-refractivity contribution is 0.0734. The van der Waals surface area contributed by atoms with Crippen LogP contribution in [0.15, 0.2) is 53.3 Å². The number of carbonyl (C=O) groups excluding carboxylic acids is 1. The second kappa shape index (κ2) is 5.61. The lowest BCUT2D eigenvalue weighted by Crippen LogP contribution is -2.10. The van der Waals surface area contributed by atoms with E-state index in [0.717, 1.165) is 16.6 Å². The zero-order chi connectivity index (χ0) is 14.8. The minimum atomic E-state index is -0.426. The molecule has 21 heavy (non-hydrogen) atoms. The molecule has 0 atom stereocenters. The molecule has 0 saturated carbocycles. The van der Waals surface area contributed by atoms with Crippen molar-refractivity contribution in [1.29, 1.82) is 0 Å². The number of pyridine rings is 2. The van der Waals surface area contributed by atoms with E-state index in [-0.39, 0.29) is 0 Å². The fraction of sp³-hybridized carbons (Fsp3) is 0.0625. The van der Waals surface area contributed by atoms with Crippen molar-refractivity contribution in [3.63, 3.8) is 0 Å². The van der Waals surface area contributed by atoms with Crippen LogP contribution in [-0.4, -0.2) is 15.9 Å². The number of rotatable bonds is 2. The summed E-state index contributed by atoms with van der Waals surface area (Å²) in [5.74, 6) is -0.0357. The normalized spacial score (nSPS) is 10.6. The average Bonchev–Trinajstić information content (AvgIpc) is 2.48. The van der Waals surface area contributed by atoms with Crippen LogP contribution >= 0.6 is 15.9 Å². The molecule has 0 aliphatic rings. The molecule has 0 spiro atoms. The van der Waals surface area contributed by atoms with Crippen molar-refractivity contribution < 1.29 is 9.53 Å². The summed E-state index contributed by atoms with van der Waals surface area (Å²) in [4.78, 5) is 20.9. The Labute approximate surface area is 129 Å². The third-order valence-corrected chi connectivity index (χ3v) is 3.59. The molecule has 3 rings (SSSR count). The summed E-state index contributed by atoms with van der Waals surface area (Å²) in [6, 6.07) is 12.6. The number of aromatic nitrogens is 2. The molecule has 2 heterocycles. The molecule has 1 aromatic carbocycles. The number of nitrogens with zero attached hydrogens (tertiary/aromatic N) is 2. The molecule has 0 radical (unpaired) electrons. The van der Waals surface area contributed by atoms with Gasteiger partial charge in [0.25, 0.3) is 0 Å². The smallest absolute Gasteiger partial charge is 0.344 e. The SMILES string of the molecule is Cc1cc(C(=O)Oc2cccnc2Br)c2ccccc2n1. The summed E-state index contributed by atoms with van der Waals surface area (Å²) in [7, 11) is 0. The first-order valence-electron chi connectivity index (χ1n) is 6.34. The Morgan fingerprint density at radius 3 is 2.81 bits per heavy atom. The number of benzene rings is 1. The molecule has 0 bridgehead atoms. The van der Waals surface area contributed by atoms with Gasteiger partial charge in [0.1, 0.15) is 4.60 Å². The van der Waals surface area contributed by atoms with E-state index in [0.29, 0.717) is 15.9 Å². The Bertz CT molecular complexity index is 833. The number of ether oxygens (including phenoxy) is 1. The van der Waals surface area contributed by atoms with E-state index in [4.69, 9.17) is 4.74 Å². The van der Waals surface area contributed by atoms with Crippen molar-refractivity contribution in [1.82, 2.24) is 9.97 Å². The van der Waals surface area contributed by atoms with Gasteiger partial charge in [0.05, 0.1) is 11.1 Å². The summed E-state index contributed by atoms with van der Waals surface area (Å²) in [6.07, 6.45) is 1.62. The molecule has 0 fully saturated rings. The fourth-order valence-corrected chi connectivity index (χ4v) is 2.41. The molecule has 0 aliphatic carbocycles. The predicted molar refractivity (Wildman–Crippen MR) is 83.4 cm³/mol. The van der Waals surface area contributed by atoms with E-state index in [1.807, 2.05) is 31.2 Å². The van der Waals surface area contributed by atoms with Crippen molar-refractivity contribution in [3.05, 3.63) is 64.5 Å². The van der Waals surface area contributed by atoms with Gasteiger partial charge in [0.15, 0.2) is 5.75 Å². The summed E-state index contributed by atoms with van der Waals surface area (Å²) in [6.45, 7) is 1.85. The summed E-state index contributed by atoms with van der Waals surface area (Å²) < 4.78 is 5.91. The Kier molecular flexibility index (Phi) is 3.66. The zero-order valence-electron chi connectivity index (χ0n) is 11.2. The van der Waals surface area contributed by atoms with Crippen LogP contribution in [0.5, 0.6) is 5.75 Å². The van der Waals surface area contributed by atoms with Crippen molar-refractivity contribution in [2.24, 2.45) is 0 Å². The largest absolute Gasteiger partial charge is 0.420 e. The van der Waals surface area contributed by atoms with E-state index in [2.05, 4.69) is 25.9 Å². The molecule has 0 amide bonds. The van der Waals surface area contributed by atoms with Gasteiger partial charge in [-0.25, -0.2) is 9.78 Å². The molecular formula is C16H11BrN2O2. The highest BCUT2D eigenvalue weighted by molar-refractivity contribution is 9.10. The number of carbonyl (C=O) groups is 1. The van der Waals surface area contributed by atoms with Gasteiger partial charge in [-0.2, -0.15) is 0 Å². The van der Waals surface area contributed by atoms with Gasteiger partial charge in [-0.05, 0) is 47.1 Å². The number of para-hydroxylation sites is 1. The first-order valence-corrected chi connectivity index (χ1v) is 7.13. The summed E-state index contributed by atoms with van der Waals surface area (Å²) in [5, 5.41) is 0.771. The molecule has 3 aromatic rings. The molecule has 0 aliphatic heterocycles. The maximum absolute atomic E-state index is 12.4. The number of halogens is 1. The maximum atomic E-state index is 12.4. The number of aryl methyl sites for hydroxylation is 1.